The van der Waals surface area contributed by atoms with Crippen LogP contribution in [0.4, 0.5) is 0 Å². The number of carbonyl (C=O) groups excluding carboxylic acids is 1. The van der Waals surface area contributed by atoms with E-state index in [9.17, 15) is 4.79 Å². The van der Waals surface area contributed by atoms with Crippen molar-refractivity contribution in [1.82, 2.24) is 10.2 Å². The van der Waals surface area contributed by atoms with Gasteiger partial charge in [0.15, 0.2) is 0 Å². The molecule has 0 spiro atoms. The first-order chi connectivity index (χ1) is 8.19. The zero-order valence-electron chi connectivity index (χ0n) is 10.4. The summed E-state index contributed by atoms with van der Waals surface area (Å²) >= 11 is 5.90. The van der Waals surface area contributed by atoms with Crippen molar-refractivity contribution in [2.75, 3.05) is 20.1 Å². The predicted octanol–water partition coefficient (Wildman–Crippen LogP) is 2.12. The third-order valence-electron chi connectivity index (χ3n) is 3.19. The summed E-state index contributed by atoms with van der Waals surface area (Å²) in [6.45, 7) is 1.67. The van der Waals surface area contributed by atoms with E-state index < -0.39 is 0 Å². The standard InChI is InChI=1S/C13H17ClN2O.ClH/c1-15-12-5-6-16(9-12)13(17)8-10-3-2-4-11(14)7-10;/h2-4,7,12,15H,5-6,8-9H2,1H3;1H. The number of hydrogen-bond acceptors (Lipinski definition) is 2. The first kappa shape index (κ1) is 15.3. The average Bonchev–Trinajstić information content (AvgIpc) is 2.77. The SMILES string of the molecule is CNC1CCN(C(=O)Cc2cccc(Cl)c2)C1.Cl. The Kier molecular flexibility index (Phi) is 5.93. The van der Waals surface area contributed by atoms with Gasteiger partial charge < -0.3 is 10.2 Å². The number of carbonyl (C=O) groups is 1. The molecule has 1 fully saturated rings. The van der Waals surface area contributed by atoms with Crippen molar-refractivity contribution >= 4 is 29.9 Å². The normalized spacial score (nSPS) is 18.6. The highest BCUT2D eigenvalue weighted by Crippen LogP contribution is 2.14. The lowest BCUT2D eigenvalue weighted by atomic mass is 10.1. The minimum absolute atomic E-state index is 0. The van der Waals surface area contributed by atoms with Gasteiger partial charge in [-0.15, -0.1) is 12.4 Å². The van der Waals surface area contributed by atoms with Gasteiger partial charge in [-0.2, -0.15) is 0 Å². The van der Waals surface area contributed by atoms with E-state index in [1.165, 1.54) is 0 Å². The number of halogens is 2. The van der Waals surface area contributed by atoms with Crippen molar-refractivity contribution < 1.29 is 4.79 Å². The lowest BCUT2D eigenvalue weighted by Crippen LogP contribution is -2.34. The Morgan fingerprint density at radius 2 is 2.33 bits per heavy atom. The molecule has 1 saturated heterocycles. The summed E-state index contributed by atoms with van der Waals surface area (Å²) in [5, 5.41) is 3.89. The Hall–Kier alpha value is -0.770. The van der Waals surface area contributed by atoms with Crippen LogP contribution < -0.4 is 5.32 Å². The molecule has 0 aromatic heterocycles. The third kappa shape index (κ3) is 3.87. The molecule has 1 aliphatic rings. The summed E-state index contributed by atoms with van der Waals surface area (Å²) in [6.07, 6.45) is 1.48. The maximum Gasteiger partial charge on any atom is 0.227 e. The highest BCUT2D eigenvalue weighted by atomic mass is 35.5. The maximum absolute atomic E-state index is 12.0. The van der Waals surface area contributed by atoms with Crippen LogP contribution in [0.1, 0.15) is 12.0 Å². The fraction of sp³-hybridized carbons (Fsp3) is 0.462. The van der Waals surface area contributed by atoms with E-state index >= 15 is 0 Å². The molecule has 1 N–H and O–H groups in total. The van der Waals surface area contributed by atoms with Gasteiger partial charge in [-0.25, -0.2) is 0 Å². The second-order valence-corrected chi connectivity index (χ2v) is 4.86. The molecule has 2 rings (SSSR count). The van der Waals surface area contributed by atoms with Gasteiger partial charge in [0.1, 0.15) is 0 Å². The summed E-state index contributed by atoms with van der Waals surface area (Å²) < 4.78 is 0. The molecule has 1 aliphatic heterocycles. The summed E-state index contributed by atoms with van der Waals surface area (Å²) in [5.41, 5.74) is 0.982. The van der Waals surface area contributed by atoms with Crippen LogP contribution in [0.15, 0.2) is 24.3 Å². The molecule has 0 bridgehead atoms. The molecule has 5 heteroatoms. The number of likely N-dealkylation sites (tertiary alicyclic amines) is 1. The molecule has 18 heavy (non-hydrogen) atoms. The largest absolute Gasteiger partial charge is 0.341 e. The molecule has 0 radical (unpaired) electrons. The maximum atomic E-state index is 12.0. The number of amides is 1. The van der Waals surface area contributed by atoms with E-state index in [0.29, 0.717) is 17.5 Å². The van der Waals surface area contributed by atoms with Crippen LogP contribution >= 0.6 is 24.0 Å². The summed E-state index contributed by atoms with van der Waals surface area (Å²) in [4.78, 5) is 14.0. The van der Waals surface area contributed by atoms with E-state index in [2.05, 4.69) is 5.32 Å². The van der Waals surface area contributed by atoms with E-state index in [-0.39, 0.29) is 18.3 Å². The zero-order chi connectivity index (χ0) is 12.3. The van der Waals surface area contributed by atoms with Crippen molar-refractivity contribution in [3.05, 3.63) is 34.9 Å². The van der Waals surface area contributed by atoms with Gasteiger partial charge in [0.2, 0.25) is 5.91 Å². The monoisotopic (exact) mass is 288 g/mol. The van der Waals surface area contributed by atoms with Gasteiger partial charge in [-0.05, 0) is 31.2 Å². The van der Waals surface area contributed by atoms with Crippen molar-refractivity contribution in [2.24, 2.45) is 0 Å². The van der Waals surface area contributed by atoms with Crippen LogP contribution in [-0.2, 0) is 11.2 Å². The molecule has 1 unspecified atom stereocenters. The van der Waals surface area contributed by atoms with Gasteiger partial charge >= 0.3 is 0 Å². The van der Waals surface area contributed by atoms with E-state index in [0.717, 1.165) is 25.1 Å². The minimum atomic E-state index is 0. The fourth-order valence-electron chi connectivity index (χ4n) is 2.16. The van der Waals surface area contributed by atoms with Crippen molar-refractivity contribution in [3.8, 4) is 0 Å². The Bertz CT molecular complexity index is 412. The van der Waals surface area contributed by atoms with Crippen LogP contribution in [0.2, 0.25) is 5.02 Å². The predicted molar refractivity (Wildman–Crippen MR) is 76.4 cm³/mol. The van der Waals surface area contributed by atoms with Crippen molar-refractivity contribution in [2.45, 2.75) is 18.9 Å². The smallest absolute Gasteiger partial charge is 0.227 e. The highest BCUT2D eigenvalue weighted by molar-refractivity contribution is 6.30. The average molecular weight is 289 g/mol. The molecular weight excluding hydrogens is 271 g/mol. The number of rotatable bonds is 3. The van der Waals surface area contributed by atoms with Crippen molar-refractivity contribution in [1.29, 1.82) is 0 Å². The topological polar surface area (TPSA) is 32.3 Å². The molecule has 1 aromatic carbocycles. The minimum Gasteiger partial charge on any atom is -0.341 e. The third-order valence-corrected chi connectivity index (χ3v) is 3.43. The number of benzene rings is 1. The lowest BCUT2D eigenvalue weighted by molar-refractivity contribution is -0.129. The Labute approximate surface area is 119 Å². The highest BCUT2D eigenvalue weighted by Gasteiger charge is 2.24. The van der Waals surface area contributed by atoms with Crippen LogP contribution in [0.25, 0.3) is 0 Å². The first-order valence-electron chi connectivity index (χ1n) is 5.88. The first-order valence-corrected chi connectivity index (χ1v) is 6.26. The molecule has 0 saturated carbocycles. The van der Waals surface area contributed by atoms with Crippen molar-refractivity contribution in [3.63, 3.8) is 0 Å². The molecule has 1 heterocycles. The summed E-state index contributed by atoms with van der Waals surface area (Å²) in [5.74, 6) is 0.185. The number of nitrogens with zero attached hydrogens (tertiary/aromatic N) is 1. The molecule has 1 aromatic rings. The quantitative estimate of drug-likeness (QED) is 0.924. The van der Waals surface area contributed by atoms with Gasteiger partial charge in [0.25, 0.3) is 0 Å². The molecular formula is C13H18Cl2N2O. The van der Waals surface area contributed by atoms with Gasteiger partial charge in [0, 0.05) is 24.2 Å². The summed E-state index contributed by atoms with van der Waals surface area (Å²) in [6, 6.07) is 7.94. The Morgan fingerprint density at radius 1 is 1.56 bits per heavy atom. The Balaban J connectivity index is 0.00000162. The second kappa shape index (κ2) is 6.98. The van der Waals surface area contributed by atoms with Crippen LogP contribution in [-0.4, -0.2) is 37.0 Å². The van der Waals surface area contributed by atoms with Gasteiger partial charge in [-0.3, -0.25) is 4.79 Å². The zero-order valence-corrected chi connectivity index (χ0v) is 11.9. The van der Waals surface area contributed by atoms with Gasteiger partial charge in [0.05, 0.1) is 6.42 Å². The Morgan fingerprint density at radius 3 is 2.94 bits per heavy atom. The van der Waals surface area contributed by atoms with Crippen LogP contribution in [0.3, 0.4) is 0 Å². The second-order valence-electron chi connectivity index (χ2n) is 4.42. The van der Waals surface area contributed by atoms with E-state index in [4.69, 9.17) is 11.6 Å². The molecule has 3 nitrogen and oxygen atoms in total. The molecule has 1 atom stereocenters. The van der Waals surface area contributed by atoms with Crippen LogP contribution in [0, 0.1) is 0 Å². The van der Waals surface area contributed by atoms with Crippen LogP contribution in [0.5, 0.6) is 0 Å². The molecule has 0 aliphatic carbocycles. The number of nitrogens with one attached hydrogen (secondary N) is 1. The fourth-order valence-corrected chi connectivity index (χ4v) is 2.37. The molecule has 1 amide bonds. The number of hydrogen-bond donors (Lipinski definition) is 1. The lowest BCUT2D eigenvalue weighted by Gasteiger charge is -2.16. The van der Waals surface area contributed by atoms with Gasteiger partial charge in [-0.1, -0.05) is 23.7 Å². The summed E-state index contributed by atoms with van der Waals surface area (Å²) in [7, 11) is 1.94. The van der Waals surface area contributed by atoms with E-state index in [1.54, 1.807) is 0 Å². The van der Waals surface area contributed by atoms with E-state index in [1.807, 2.05) is 36.2 Å². The molecule has 100 valence electrons. The number of likely N-dealkylation sites (N-methyl/N-ethyl adjacent to an activating group) is 1.